The molecule has 0 aliphatic carbocycles. The molecule has 3 rings (SSSR count). The zero-order valence-corrected chi connectivity index (χ0v) is 15.4. The molecule has 0 radical (unpaired) electrons. The van der Waals surface area contributed by atoms with Crippen LogP contribution in [0.1, 0.15) is 23.2 Å². The topological polar surface area (TPSA) is 49.8 Å². The van der Waals surface area contributed by atoms with Gasteiger partial charge in [0.05, 0.1) is 5.56 Å². The first-order valence-electron chi connectivity index (χ1n) is 8.98. The van der Waals surface area contributed by atoms with Crippen LogP contribution in [0.5, 0.6) is 0 Å². The quantitative estimate of drug-likeness (QED) is 0.520. The number of nitrogens with zero attached hydrogens (tertiary/aromatic N) is 2. The molecule has 28 heavy (non-hydrogen) atoms. The van der Waals surface area contributed by atoms with Crippen molar-refractivity contribution in [3.05, 3.63) is 77.5 Å². The van der Waals surface area contributed by atoms with Crippen LogP contribution in [0.4, 0.5) is 30.6 Å². The number of anilines is 3. The van der Waals surface area contributed by atoms with Crippen molar-refractivity contribution in [3.8, 4) is 0 Å². The first kappa shape index (κ1) is 19.7. The maximum Gasteiger partial charge on any atom is 0.416 e. The number of nitrogens with one attached hydrogen (secondary N) is 2. The molecule has 0 bridgehead atoms. The molecule has 0 saturated carbocycles. The van der Waals surface area contributed by atoms with Gasteiger partial charge in [-0.2, -0.15) is 18.2 Å². The minimum Gasteiger partial charge on any atom is -0.354 e. The Morgan fingerprint density at radius 1 is 0.929 bits per heavy atom. The molecule has 7 heteroatoms. The minimum absolute atomic E-state index is 0.322. The number of alkyl halides is 3. The van der Waals surface area contributed by atoms with Gasteiger partial charge in [0, 0.05) is 24.0 Å². The molecule has 4 nitrogen and oxygen atoms in total. The van der Waals surface area contributed by atoms with E-state index in [0.29, 0.717) is 24.0 Å². The molecule has 3 aromatic rings. The van der Waals surface area contributed by atoms with E-state index in [2.05, 4.69) is 32.7 Å². The molecule has 2 N–H and O–H groups in total. The highest BCUT2D eigenvalue weighted by Crippen LogP contribution is 2.31. The van der Waals surface area contributed by atoms with Gasteiger partial charge in [-0.3, -0.25) is 0 Å². The molecule has 1 aromatic heterocycles. The average molecular weight is 386 g/mol. The third-order valence-corrected chi connectivity index (χ3v) is 4.08. The van der Waals surface area contributed by atoms with Gasteiger partial charge in [-0.1, -0.05) is 36.4 Å². The first-order chi connectivity index (χ1) is 13.4. The monoisotopic (exact) mass is 386 g/mol. The summed E-state index contributed by atoms with van der Waals surface area (Å²) in [6.07, 6.45) is -2.53. The van der Waals surface area contributed by atoms with Gasteiger partial charge in [0.1, 0.15) is 5.82 Å². The summed E-state index contributed by atoms with van der Waals surface area (Å²) < 4.78 is 38.6. The minimum atomic E-state index is -4.38. The van der Waals surface area contributed by atoms with Crippen LogP contribution in [0.2, 0.25) is 0 Å². The second kappa shape index (κ2) is 8.73. The highest BCUT2D eigenvalue weighted by Gasteiger charge is 2.30. The van der Waals surface area contributed by atoms with E-state index >= 15 is 0 Å². The van der Waals surface area contributed by atoms with Crippen molar-refractivity contribution >= 4 is 17.5 Å². The second-order valence-corrected chi connectivity index (χ2v) is 6.44. The van der Waals surface area contributed by atoms with Crippen molar-refractivity contribution < 1.29 is 13.2 Å². The number of hydrogen-bond acceptors (Lipinski definition) is 4. The number of aryl methyl sites for hydroxylation is 2. The van der Waals surface area contributed by atoms with Gasteiger partial charge < -0.3 is 10.6 Å². The molecule has 0 amide bonds. The van der Waals surface area contributed by atoms with Crippen molar-refractivity contribution in [2.45, 2.75) is 25.9 Å². The van der Waals surface area contributed by atoms with E-state index in [4.69, 9.17) is 0 Å². The summed E-state index contributed by atoms with van der Waals surface area (Å²) in [7, 11) is 0. The van der Waals surface area contributed by atoms with Crippen LogP contribution in [0.15, 0.2) is 60.7 Å². The Bertz CT molecular complexity index is 911. The highest BCUT2D eigenvalue weighted by atomic mass is 19.4. The summed E-state index contributed by atoms with van der Waals surface area (Å²) in [6.45, 7) is 2.51. The van der Waals surface area contributed by atoms with E-state index in [9.17, 15) is 13.2 Å². The fourth-order valence-corrected chi connectivity index (χ4v) is 2.77. The number of benzene rings is 2. The third-order valence-electron chi connectivity index (χ3n) is 4.08. The molecule has 0 atom stereocenters. The van der Waals surface area contributed by atoms with Crippen LogP contribution >= 0.6 is 0 Å². The smallest absolute Gasteiger partial charge is 0.354 e. The van der Waals surface area contributed by atoms with Gasteiger partial charge in [0.25, 0.3) is 0 Å². The summed E-state index contributed by atoms with van der Waals surface area (Å²) in [4.78, 5) is 8.69. The van der Waals surface area contributed by atoms with Gasteiger partial charge in [0.2, 0.25) is 5.95 Å². The molecule has 0 saturated heterocycles. The molecule has 0 spiro atoms. The van der Waals surface area contributed by atoms with Gasteiger partial charge in [-0.15, -0.1) is 0 Å². The lowest BCUT2D eigenvalue weighted by Gasteiger charge is -2.12. The number of rotatable bonds is 7. The maximum atomic E-state index is 12.9. The van der Waals surface area contributed by atoms with Crippen molar-refractivity contribution in [2.24, 2.45) is 0 Å². The number of hydrogen-bond donors (Lipinski definition) is 2. The Balaban J connectivity index is 1.61. The predicted molar refractivity (Wildman–Crippen MR) is 105 cm³/mol. The largest absolute Gasteiger partial charge is 0.416 e. The Morgan fingerprint density at radius 2 is 1.71 bits per heavy atom. The molecule has 0 fully saturated rings. The summed E-state index contributed by atoms with van der Waals surface area (Å²) in [5.41, 5.74) is 1.60. The lowest BCUT2D eigenvalue weighted by Crippen LogP contribution is -2.09. The van der Waals surface area contributed by atoms with Crippen LogP contribution in [0.25, 0.3) is 0 Å². The van der Waals surface area contributed by atoms with Crippen molar-refractivity contribution in [2.75, 3.05) is 17.2 Å². The molecule has 146 valence electrons. The van der Waals surface area contributed by atoms with E-state index in [1.165, 1.54) is 11.6 Å². The predicted octanol–water partition coefficient (Wildman–Crippen LogP) is 5.59. The molecule has 0 aliphatic rings. The highest BCUT2D eigenvalue weighted by molar-refractivity contribution is 5.58. The fraction of sp³-hybridized carbons (Fsp3) is 0.238. The van der Waals surface area contributed by atoms with Gasteiger partial charge in [-0.25, -0.2) is 4.98 Å². The van der Waals surface area contributed by atoms with Crippen LogP contribution < -0.4 is 10.6 Å². The Kier molecular flexibility index (Phi) is 6.13. The van der Waals surface area contributed by atoms with Gasteiger partial charge in [0.15, 0.2) is 0 Å². The van der Waals surface area contributed by atoms with E-state index in [-0.39, 0.29) is 0 Å². The van der Waals surface area contributed by atoms with E-state index in [1.807, 2.05) is 25.1 Å². The Morgan fingerprint density at radius 3 is 2.46 bits per heavy atom. The van der Waals surface area contributed by atoms with E-state index < -0.39 is 11.7 Å². The van der Waals surface area contributed by atoms with Crippen LogP contribution in [-0.2, 0) is 12.6 Å². The van der Waals surface area contributed by atoms with E-state index in [1.54, 1.807) is 12.1 Å². The lowest BCUT2D eigenvalue weighted by atomic mass is 10.1. The molecule has 1 heterocycles. The van der Waals surface area contributed by atoms with Crippen LogP contribution in [0, 0.1) is 6.92 Å². The zero-order valence-electron chi connectivity index (χ0n) is 15.4. The molecule has 0 aliphatic heterocycles. The number of aromatic nitrogens is 2. The summed E-state index contributed by atoms with van der Waals surface area (Å²) in [6, 6.07) is 16.9. The average Bonchev–Trinajstić information content (AvgIpc) is 2.65. The number of halogens is 3. The third kappa shape index (κ3) is 5.70. The Labute approximate surface area is 161 Å². The standard InChI is InChI=1S/C21H21F3N4/c1-15-13-19(27-18-11-5-10-17(14-18)21(22,23)24)28-20(26-15)25-12-6-9-16-7-3-2-4-8-16/h2-5,7-8,10-11,13-14H,6,9,12H2,1H3,(H2,25,26,27,28). The molecular formula is C21H21F3N4. The molecule has 0 unspecified atom stereocenters. The van der Waals surface area contributed by atoms with Crippen molar-refractivity contribution in [3.63, 3.8) is 0 Å². The maximum absolute atomic E-state index is 12.9. The van der Waals surface area contributed by atoms with Gasteiger partial charge >= 0.3 is 6.18 Å². The molecular weight excluding hydrogens is 365 g/mol. The fourth-order valence-electron chi connectivity index (χ4n) is 2.77. The Hall–Kier alpha value is -3.09. The SMILES string of the molecule is Cc1cc(Nc2cccc(C(F)(F)F)c2)nc(NCCCc2ccccc2)n1. The molecule has 2 aromatic carbocycles. The lowest BCUT2D eigenvalue weighted by molar-refractivity contribution is -0.137. The van der Waals surface area contributed by atoms with Crippen LogP contribution in [-0.4, -0.2) is 16.5 Å². The van der Waals surface area contributed by atoms with Crippen LogP contribution in [0.3, 0.4) is 0 Å². The normalized spacial score (nSPS) is 11.3. The van der Waals surface area contributed by atoms with Crippen molar-refractivity contribution in [1.29, 1.82) is 0 Å². The first-order valence-corrected chi connectivity index (χ1v) is 8.98. The second-order valence-electron chi connectivity index (χ2n) is 6.44. The summed E-state index contributed by atoms with van der Waals surface area (Å²) in [5.74, 6) is 0.889. The van der Waals surface area contributed by atoms with E-state index in [0.717, 1.165) is 30.7 Å². The summed E-state index contributed by atoms with van der Waals surface area (Å²) >= 11 is 0. The zero-order chi connectivity index (χ0) is 20.0. The van der Waals surface area contributed by atoms with Gasteiger partial charge in [-0.05, 0) is 43.5 Å². The van der Waals surface area contributed by atoms with Crippen molar-refractivity contribution in [1.82, 2.24) is 9.97 Å². The summed E-state index contributed by atoms with van der Waals surface area (Å²) in [5, 5.41) is 6.10.